The van der Waals surface area contributed by atoms with Gasteiger partial charge < -0.3 is 10.6 Å². The van der Waals surface area contributed by atoms with Crippen molar-refractivity contribution in [3.63, 3.8) is 0 Å². The molecular weight excluding hydrogens is 384 g/mol. The summed E-state index contributed by atoms with van der Waals surface area (Å²) in [7, 11) is 0. The first-order valence-electron chi connectivity index (χ1n) is 9.80. The van der Waals surface area contributed by atoms with Crippen molar-refractivity contribution >= 4 is 23.5 Å². The molecular formula is C23H23ClN4O. The SMILES string of the molecule is Nc1ncc(-c2ccc(Cl)cc2)c(C2CCCN(C(=O)Cc3ccccc3)C2)n1. The first-order chi connectivity index (χ1) is 14.1. The van der Waals surface area contributed by atoms with E-state index in [-0.39, 0.29) is 17.8 Å². The van der Waals surface area contributed by atoms with Gasteiger partial charge in [-0.05, 0) is 36.1 Å². The first kappa shape index (κ1) is 19.4. The number of rotatable bonds is 4. The smallest absolute Gasteiger partial charge is 0.227 e. The van der Waals surface area contributed by atoms with Gasteiger partial charge in [0, 0.05) is 35.8 Å². The summed E-state index contributed by atoms with van der Waals surface area (Å²) in [5.74, 6) is 0.529. The molecule has 0 radical (unpaired) electrons. The fourth-order valence-corrected chi connectivity index (χ4v) is 4.01. The molecule has 1 saturated heterocycles. The van der Waals surface area contributed by atoms with Crippen molar-refractivity contribution in [2.45, 2.75) is 25.2 Å². The monoisotopic (exact) mass is 406 g/mol. The van der Waals surface area contributed by atoms with Gasteiger partial charge >= 0.3 is 0 Å². The summed E-state index contributed by atoms with van der Waals surface area (Å²) in [5.41, 5.74) is 9.78. The van der Waals surface area contributed by atoms with E-state index in [1.165, 1.54) is 0 Å². The summed E-state index contributed by atoms with van der Waals surface area (Å²) in [6, 6.07) is 17.5. The summed E-state index contributed by atoms with van der Waals surface area (Å²) in [6.45, 7) is 1.42. The number of amides is 1. The molecule has 1 atom stereocenters. The zero-order valence-corrected chi connectivity index (χ0v) is 16.8. The lowest BCUT2D eigenvalue weighted by Gasteiger charge is -2.33. The quantitative estimate of drug-likeness (QED) is 0.700. The van der Waals surface area contributed by atoms with Gasteiger partial charge in [0.05, 0.1) is 12.1 Å². The summed E-state index contributed by atoms with van der Waals surface area (Å²) in [6.07, 6.45) is 4.09. The molecule has 5 nitrogen and oxygen atoms in total. The number of hydrogen-bond donors (Lipinski definition) is 1. The number of nitrogen functional groups attached to an aromatic ring is 1. The first-order valence-corrected chi connectivity index (χ1v) is 10.2. The third kappa shape index (κ3) is 4.57. The van der Waals surface area contributed by atoms with Crippen molar-refractivity contribution in [1.29, 1.82) is 0 Å². The molecule has 0 aliphatic carbocycles. The number of benzene rings is 2. The van der Waals surface area contributed by atoms with Crippen molar-refractivity contribution in [3.05, 3.63) is 77.1 Å². The maximum Gasteiger partial charge on any atom is 0.227 e. The number of piperidine rings is 1. The van der Waals surface area contributed by atoms with E-state index < -0.39 is 0 Å². The van der Waals surface area contributed by atoms with Crippen LogP contribution in [-0.4, -0.2) is 33.9 Å². The number of nitrogens with zero attached hydrogens (tertiary/aromatic N) is 3. The molecule has 0 saturated carbocycles. The molecule has 29 heavy (non-hydrogen) atoms. The maximum absolute atomic E-state index is 12.9. The molecule has 3 aromatic rings. The minimum absolute atomic E-state index is 0.124. The molecule has 148 valence electrons. The van der Waals surface area contributed by atoms with E-state index in [0.717, 1.165) is 41.8 Å². The van der Waals surface area contributed by atoms with E-state index in [2.05, 4.69) is 9.97 Å². The molecule has 1 fully saturated rings. The Morgan fingerprint density at radius 3 is 2.66 bits per heavy atom. The van der Waals surface area contributed by atoms with Crippen LogP contribution in [0.4, 0.5) is 5.95 Å². The lowest BCUT2D eigenvalue weighted by Crippen LogP contribution is -2.40. The Balaban J connectivity index is 1.57. The highest BCUT2D eigenvalue weighted by Gasteiger charge is 2.28. The number of carbonyl (C=O) groups is 1. The third-order valence-electron chi connectivity index (χ3n) is 5.35. The van der Waals surface area contributed by atoms with Crippen LogP contribution in [-0.2, 0) is 11.2 Å². The highest BCUT2D eigenvalue weighted by atomic mass is 35.5. The van der Waals surface area contributed by atoms with Crippen molar-refractivity contribution in [1.82, 2.24) is 14.9 Å². The van der Waals surface area contributed by atoms with Crippen molar-refractivity contribution in [2.24, 2.45) is 0 Å². The second kappa shape index (κ2) is 8.62. The Morgan fingerprint density at radius 1 is 1.14 bits per heavy atom. The van der Waals surface area contributed by atoms with Gasteiger partial charge in [0.25, 0.3) is 0 Å². The standard InChI is InChI=1S/C23H23ClN4O/c24-19-10-8-17(9-11-19)20-14-26-23(25)27-22(20)18-7-4-12-28(15-18)21(29)13-16-5-2-1-3-6-16/h1-3,5-6,8-11,14,18H,4,7,12-13,15H2,(H2,25,26,27). The van der Waals surface area contributed by atoms with Gasteiger partial charge in [-0.1, -0.05) is 54.1 Å². The molecule has 1 aromatic heterocycles. The van der Waals surface area contributed by atoms with Crippen LogP contribution >= 0.6 is 11.6 Å². The van der Waals surface area contributed by atoms with Crippen LogP contribution in [0.2, 0.25) is 5.02 Å². The predicted molar refractivity (Wildman–Crippen MR) is 116 cm³/mol. The topological polar surface area (TPSA) is 72.1 Å². The Kier molecular flexibility index (Phi) is 5.76. The Morgan fingerprint density at radius 2 is 1.90 bits per heavy atom. The molecule has 6 heteroatoms. The van der Waals surface area contributed by atoms with E-state index in [9.17, 15) is 4.79 Å². The van der Waals surface area contributed by atoms with E-state index in [4.69, 9.17) is 17.3 Å². The molecule has 4 rings (SSSR count). The Hall–Kier alpha value is -2.92. The number of aromatic nitrogens is 2. The highest BCUT2D eigenvalue weighted by molar-refractivity contribution is 6.30. The van der Waals surface area contributed by atoms with Gasteiger partial charge in [-0.15, -0.1) is 0 Å². The zero-order valence-electron chi connectivity index (χ0n) is 16.1. The van der Waals surface area contributed by atoms with Crippen LogP contribution in [0.5, 0.6) is 0 Å². The van der Waals surface area contributed by atoms with Crippen LogP contribution in [0.25, 0.3) is 11.1 Å². The second-order valence-corrected chi connectivity index (χ2v) is 7.81. The number of halogens is 1. The van der Waals surface area contributed by atoms with Gasteiger partial charge in [0.2, 0.25) is 11.9 Å². The van der Waals surface area contributed by atoms with Crippen LogP contribution < -0.4 is 5.73 Å². The lowest BCUT2D eigenvalue weighted by atomic mass is 9.89. The van der Waals surface area contributed by atoms with Gasteiger partial charge in [-0.25, -0.2) is 9.97 Å². The maximum atomic E-state index is 12.9. The number of hydrogen-bond acceptors (Lipinski definition) is 4. The average Bonchev–Trinajstić information content (AvgIpc) is 2.75. The largest absolute Gasteiger partial charge is 0.368 e. The van der Waals surface area contributed by atoms with Crippen molar-refractivity contribution < 1.29 is 4.79 Å². The van der Waals surface area contributed by atoms with Gasteiger partial charge in [0.15, 0.2) is 0 Å². The van der Waals surface area contributed by atoms with Crippen LogP contribution in [0.1, 0.15) is 30.0 Å². The van der Waals surface area contributed by atoms with E-state index >= 15 is 0 Å². The fraction of sp³-hybridized carbons (Fsp3) is 0.261. The van der Waals surface area contributed by atoms with Gasteiger partial charge in [-0.2, -0.15) is 0 Å². The van der Waals surface area contributed by atoms with Crippen molar-refractivity contribution in [2.75, 3.05) is 18.8 Å². The minimum atomic E-state index is 0.124. The fourth-order valence-electron chi connectivity index (χ4n) is 3.88. The molecule has 1 unspecified atom stereocenters. The van der Waals surface area contributed by atoms with Crippen LogP contribution in [0.15, 0.2) is 60.8 Å². The molecule has 1 aliphatic heterocycles. The lowest BCUT2D eigenvalue weighted by molar-refractivity contribution is -0.131. The summed E-state index contributed by atoms with van der Waals surface area (Å²) in [4.78, 5) is 23.6. The molecule has 2 heterocycles. The van der Waals surface area contributed by atoms with Gasteiger partial charge in [0.1, 0.15) is 0 Å². The number of anilines is 1. The summed E-state index contributed by atoms with van der Waals surface area (Å²) < 4.78 is 0. The second-order valence-electron chi connectivity index (χ2n) is 7.38. The molecule has 1 amide bonds. The molecule has 0 spiro atoms. The van der Waals surface area contributed by atoms with Crippen molar-refractivity contribution in [3.8, 4) is 11.1 Å². The van der Waals surface area contributed by atoms with Gasteiger partial charge in [-0.3, -0.25) is 4.79 Å². The average molecular weight is 407 g/mol. The normalized spacial score (nSPS) is 16.6. The highest BCUT2D eigenvalue weighted by Crippen LogP contribution is 2.34. The van der Waals surface area contributed by atoms with Crippen LogP contribution in [0, 0.1) is 0 Å². The Bertz CT molecular complexity index is 992. The molecule has 1 aliphatic rings. The molecule has 2 N–H and O–H groups in total. The predicted octanol–water partition coefficient (Wildman–Crippen LogP) is 4.33. The Labute approximate surface area is 175 Å². The number of carbonyl (C=O) groups excluding carboxylic acids is 1. The third-order valence-corrected chi connectivity index (χ3v) is 5.60. The minimum Gasteiger partial charge on any atom is -0.368 e. The number of nitrogens with two attached hydrogens (primary N) is 1. The zero-order chi connectivity index (χ0) is 20.2. The summed E-state index contributed by atoms with van der Waals surface area (Å²) in [5, 5.41) is 0.682. The molecule has 0 bridgehead atoms. The van der Waals surface area contributed by atoms with E-state index in [1.54, 1.807) is 6.20 Å². The number of likely N-dealkylation sites (tertiary alicyclic amines) is 1. The summed E-state index contributed by atoms with van der Waals surface area (Å²) >= 11 is 6.04. The molecule has 2 aromatic carbocycles. The van der Waals surface area contributed by atoms with E-state index in [1.807, 2.05) is 59.5 Å². The van der Waals surface area contributed by atoms with E-state index in [0.29, 0.717) is 18.0 Å². The van der Waals surface area contributed by atoms with Crippen LogP contribution in [0.3, 0.4) is 0 Å².